The summed E-state index contributed by atoms with van der Waals surface area (Å²) in [6.45, 7) is 8.44. The van der Waals surface area contributed by atoms with Gasteiger partial charge in [0.15, 0.2) is 5.96 Å². The minimum atomic E-state index is 0. The predicted octanol–water partition coefficient (Wildman–Crippen LogP) is 1.97. The normalized spacial score (nSPS) is 17.9. The lowest BCUT2D eigenvalue weighted by molar-refractivity contribution is 0.0536. The van der Waals surface area contributed by atoms with Crippen molar-refractivity contribution in [1.29, 1.82) is 0 Å². The fourth-order valence-corrected chi connectivity index (χ4v) is 2.66. The summed E-state index contributed by atoms with van der Waals surface area (Å²) < 4.78 is 16.2. The second-order valence-electron chi connectivity index (χ2n) is 5.82. The molecule has 0 bridgehead atoms. The van der Waals surface area contributed by atoms with Crippen LogP contribution in [-0.4, -0.2) is 62.9 Å². The highest BCUT2D eigenvalue weighted by Gasteiger charge is 2.25. The zero-order valence-corrected chi connectivity index (χ0v) is 17.3. The van der Waals surface area contributed by atoms with Crippen molar-refractivity contribution in [1.82, 2.24) is 15.2 Å². The summed E-state index contributed by atoms with van der Waals surface area (Å²) in [6, 6.07) is 0. The van der Waals surface area contributed by atoms with E-state index in [4.69, 9.17) is 13.9 Å². The molecule has 0 saturated carbocycles. The number of rotatable bonds is 7. The number of aryl methyl sites for hydroxylation is 2. The van der Waals surface area contributed by atoms with Gasteiger partial charge >= 0.3 is 0 Å². The second kappa shape index (κ2) is 10.9. The molecule has 0 amide bonds. The number of nitrogens with one attached hydrogen (secondary N) is 1. The number of hydrogen-bond donors (Lipinski definition) is 1. The molecule has 0 aliphatic carbocycles. The maximum Gasteiger partial charge on any atom is 0.214 e. The minimum absolute atomic E-state index is 0. The van der Waals surface area contributed by atoms with Crippen LogP contribution in [0.4, 0.5) is 0 Å². The molecule has 1 aromatic heterocycles. The Labute approximate surface area is 161 Å². The van der Waals surface area contributed by atoms with E-state index in [0.717, 1.165) is 43.5 Å². The summed E-state index contributed by atoms with van der Waals surface area (Å²) in [6.07, 6.45) is 1.12. The highest BCUT2D eigenvalue weighted by atomic mass is 127. The van der Waals surface area contributed by atoms with Crippen LogP contribution in [-0.2, 0) is 16.0 Å². The first kappa shape index (κ1) is 21.2. The van der Waals surface area contributed by atoms with Crippen molar-refractivity contribution < 1.29 is 13.9 Å². The zero-order valence-electron chi connectivity index (χ0n) is 15.0. The van der Waals surface area contributed by atoms with Gasteiger partial charge in [0.2, 0.25) is 5.89 Å². The monoisotopic (exact) mass is 452 g/mol. The van der Waals surface area contributed by atoms with Gasteiger partial charge in [0.1, 0.15) is 5.76 Å². The third-order valence-corrected chi connectivity index (χ3v) is 4.05. The highest BCUT2D eigenvalue weighted by molar-refractivity contribution is 14.0. The molecule has 1 aromatic rings. The Hall–Kier alpha value is -0.870. The first-order chi connectivity index (χ1) is 11.1. The van der Waals surface area contributed by atoms with Gasteiger partial charge in [0.25, 0.3) is 0 Å². The van der Waals surface area contributed by atoms with Crippen molar-refractivity contribution in [2.75, 3.05) is 47.1 Å². The van der Waals surface area contributed by atoms with Gasteiger partial charge in [0.05, 0.1) is 32.1 Å². The number of guanidine groups is 1. The molecule has 1 saturated heterocycles. The third kappa shape index (κ3) is 6.21. The fourth-order valence-electron chi connectivity index (χ4n) is 2.66. The number of aliphatic imine (C=N–C) groups is 1. The number of halogens is 1. The Morgan fingerprint density at radius 1 is 1.42 bits per heavy atom. The molecule has 2 heterocycles. The third-order valence-electron chi connectivity index (χ3n) is 4.05. The van der Waals surface area contributed by atoms with Crippen molar-refractivity contribution in [3.63, 3.8) is 0 Å². The largest absolute Gasteiger partial charge is 0.444 e. The van der Waals surface area contributed by atoms with Crippen LogP contribution in [0.1, 0.15) is 23.8 Å². The lowest BCUT2D eigenvalue weighted by Gasteiger charge is -2.21. The minimum Gasteiger partial charge on any atom is -0.444 e. The summed E-state index contributed by atoms with van der Waals surface area (Å²) in [5, 5.41) is 3.32. The molecule has 1 fully saturated rings. The van der Waals surface area contributed by atoms with Crippen LogP contribution in [0.15, 0.2) is 9.41 Å². The number of nitrogens with zero attached hydrogens (tertiary/aromatic N) is 3. The molecule has 138 valence electrons. The smallest absolute Gasteiger partial charge is 0.214 e. The van der Waals surface area contributed by atoms with E-state index >= 15 is 0 Å². The summed E-state index contributed by atoms with van der Waals surface area (Å²) in [4.78, 5) is 11.0. The molecular weight excluding hydrogens is 423 g/mol. The summed E-state index contributed by atoms with van der Waals surface area (Å²) in [5.74, 6) is 2.99. The van der Waals surface area contributed by atoms with E-state index in [1.807, 2.05) is 13.8 Å². The number of aromatic nitrogens is 1. The first-order valence-corrected chi connectivity index (χ1v) is 8.09. The van der Waals surface area contributed by atoms with Gasteiger partial charge in [-0.1, -0.05) is 0 Å². The molecule has 7 nitrogen and oxygen atoms in total. The SMILES string of the molecule is CN=C(NCc1nc(C)c(C)o1)N1CCC(COCCOC)C1.I. The van der Waals surface area contributed by atoms with Gasteiger partial charge in [-0.15, -0.1) is 24.0 Å². The van der Waals surface area contributed by atoms with Crippen LogP contribution in [0, 0.1) is 19.8 Å². The van der Waals surface area contributed by atoms with E-state index < -0.39 is 0 Å². The standard InChI is InChI=1S/C16H28N4O3.HI/c1-12-13(2)23-15(19-12)9-18-16(17-3)20-6-5-14(10-20)11-22-8-7-21-4;/h14H,5-11H2,1-4H3,(H,17,18);1H. The van der Waals surface area contributed by atoms with Crippen molar-refractivity contribution in [2.24, 2.45) is 10.9 Å². The molecule has 8 heteroatoms. The number of hydrogen-bond acceptors (Lipinski definition) is 5. The molecule has 24 heavy (non-hydrogen) atoms. The number of ether oxygens (including phenoxy) is 2. The average molecular weight is 452 g/mol. The van der Waals surface area contributed by atoms with Gasteiger partial charge < -0.3 is 24.1 Å². The lowest BCUT2D eigenvalue weighted by atomic mass is 10.1. The van der Waals surface area contributed by atoms with Crippen LogP contribution >= 0.6 is 24.0 Å². The number of methoxy groups -OCH3 is 1. The van der Waals surface area contributed by atoms with Crippen LogP contribution in [0.3, 0.4) is 0 Å². The molecule has 2 rings (SSSR count). The number of oxazole rings is 1. The van der Waals surface area contributed by atoms with Crippen LogP contribution in [0.5, 0.6) is 0 Å². The van der Waals surface area contributed by atoms with E-state index in [2.05, 4.69) is 20.2 Å². The van der Waals surface area contributed by atoms with Crippen LogP contribution in [0.2, 0.25) is 0 Å². The van der Waals surface area contributed by atoms with E-state index in [-0.39, 0.29) is 24.0 Å². The topological polar surface area (TPSA) is 72.1 Å². The van der Waals surface area contributed by atoms with Gasteiger partial charge in [0, 0.05) is 33.2 Å². The number of likely N-dealkylation sites (tertiary alicyclic amines) is 1. The molecule has 0 aromatic carbocycles. The lowest BCUT2D eigenvalue weighted by Crippen LogP contribution is -2.40. The van der Waals surface area contributed by atoms with Gasteiger partial charge in [-0.25, -0.2) is 4.98 Å². The summed E-state index contributed by atoms with van der Waals surface area (Å²) in [7, 11) is 3.49. The van der Waals surface area contributed by atoms with Gasteiger partial charge in [-0.2, -0.15) is 0 Å². The molecule has 1 atom stereocenters. The molecule has 1 unspecified atom stereocenters. The van der Waals surface area contributed by atoms with E-state index in [1.165, 1.54) is 0 Å². The highest BCUT2D eigenvalue weighted by Crippen LogP contribution is 2.17. The Morgan fingerprint density at radius 3 is 2.83 bits per heavy atom. The molecular formula is C16H29IN4O3. The Kier molecular flexibility index (Phi) is 9.60. The molecule has 1 N–H and O–H groups in total. The van der Waals surface area contributed by atoms with Gasteiger partial charge in [-0.3, -0.25) is 4.99 Å². The second-order valence-corrected chi connectivity index (χ2v) is 5.82. The molecule has 0 spiro atoms. The van der Waals surface area contributed by atoms with E-state index in [9.17, 15) is 0 Å². The fraction of sp³-hybridized carbons (Fsp3) is 0.750. The molecule has 0 radical (unpaired) electrons. The van der Waals surface area contributed by atoms with Crippen molar-refractivity contribution in [3.8, 4) is 0 Å². The first-order valence-electron chi connectivity index (χ1n) is 8.09. The summed E-state index contributed by atoms with van der Waals surface area (Å²) >= 11 is 0. The Balaban J connectivity index is 0.00000288. The Bertz CT molecular complexity index is 502. The summed E-state index contributed by atoms with van der Waals surface area (Å²) in [5.41, 5.74) is 0.936. The van der Waals surface area contributed by atoms with Crippen molar-refractivity contribution in [2.45, 2.75) is 26.8 Å². The maximum absolute atomic E-state index is 5.63. The average Bonchev–Trinajstić information content (AvgIpc) is 3.12. The predicted molar refractivity (Wildman–Crippen MR) is 104 cm³/mol. The quantitative estimate of drug-likeness (QED) is 0.295. The van der Waals surface area contributed by atoms with Crippen molar-refractivity contribution >= 4 is 29.9 Å². The van der Waals surface area contributed by atoms with Crippen molar-refractivity contribution in [3.05, 3.63) is 17.3 Å². The molecule has 1 aliphatic rings. The molecule has 1 aliphatic heterocycles. The van der Waals surface area contributed by atoms with Crippen LogP contribution in [0.25, 0.3) is 0 Å². The Morgan fingerprint density at radius 2 is 2.21 bits per heavy atom. The van der Waals surface area contributed by atoms with E-state index in [0.29, 0.717) is 31.6 Å². The van der Waals surface area contributed by atoms with Crippen LogP contribution < -0.4 is 5.32 Å². The zero-order chi connectivity index (χ0) is 16.7. The van der Waals surface area contributed by atoms with E-state index in [1.54, 1.807) is 14.2 Å². The van der Waals surface area contributed by atoms with Gasteiger partial charge in [-0.05, 0) is 20.3 Å². The maximum atomic E-state index is 5.63.